The van der Waals surface area contributed by atoms with Gasteiger partial charge in [0.15, 0.2) is 24.0 Å². The molecule has 2 amide bonds. The van der Waals surface area contributed by atoms with E-state index in [0.29, 0.717) is 12.8 Å². The molecule has 144 valence electrons. The van der Waals surface area contributed by atoms with E-state index in [1.165, 1.54) is 19.2 Å². The van der Waals surface area contributed by atoms with Crippen LogP contribution in [0, 0.1) is 17.7 Å². The number of carbonyl (C=O) groups excluding carboxylic acids is 4. The Morgan fingerprint density at radius 3 is 2.33 bits per heavy atom. The van der Waals surface area contributed by atoms with Crippen LogP contribution in [-0.2, 0) is 19.1 Å². The molecule has 1 aromatic rings. The Morgan fingerprint density at radius 1 is 1.15 bits per heavy atom. The minimum absolute atomic E-state index is 0.00364. The van der Waals surface area contributed by atoms with Crippen molar-refractivity contribution in [3.05, 3.63) is 29.6 Å². The Labute approximate surface area is 155 Å². The lowest BCUT2D eigenvalue weighted by Crippen LogP contribution is -2.37. The fourth-order valence-electron chi connectivity index (χ4n) is 3.63. The molecule has 7 nitrogen and oxygen atoms in total. The van der Waals surface area contributed by atoms with Crippen molar-refractivity contribution in [3.8, 4) is 5.75 Å². The molecule has 27 heavy (non-hydrogen) atoms. The van der Waals surface area contributed by atoms with E-state index < -0.39 is 30.7 Å². The zero-order valence-electron chi connectivity index (χ0n) is 14.9. The van der Waals surface area contributed by atoms with E-state index >= 15 is 0 Å². The normalized spacial score (nSPS) is 21.8. The Kier molecular flexibility index (Phi) is 5.53. The summed E-state index contributed by atoms with van der Waals surface area (Å²) >= 11 is 0. The van der Waals surface area contributed by atoms with Crippen molar-refractivity contribution in [1.29, 1.82) is 0 Å². The van der Waals surface area contributed by atoms with E-state index in [0.717, 1.165) is 23.8 Å². The van der Waals surface area contributed by atoms with Gasteiger partial charge < -0.3 is 9.47 Å². The molecule has 0 unspecified atom stereocenters. The average molecular weight is 377 g/mol. The zero-order valence-corrected chi connectivity index (χ0v) is 14.9. The summed E-state index contributed by atoms with van der Waals surface area (Å²) in [6.45, 7) is -1.11. The first-order valence-electron chi connectivity index (χ1n) is 8.80. The molecule has 0 bridgehead atoms. The first-order valence-corrected chi connectivity index (χ1v) is 8.80. The third-order valence-corrected chi connectivity index (χ3v) is 5.06. The zero-order chi connectivity index (χ0) is 19.6. The number of nitrogens with zero attached hydrogens (tertiary/aromatic N) is 1. The number of rotatable bonds is 6. The van der Waals surface area contributed by atoms with Gasteiger partial charge in [0, 0.05) is 5.56 Å². The van der Waals surface area contributed by atoms with Gasteiger partial charge >= 0.3 is 5.97 Å². The number of esters is 1. The van der Waals surface area contributed by atoms with Crippen molar-refractivity contribution < 1.29 is 33.0 Å². The summed E-state index contributed by atoms with van der Waals surface area (Å²) in [4.78, 5) is 49.6. The Balaban J connectivity index is 1.55. The van der Waals surface area contributed by atoms with Crippen LogP contribution in [0.25, 0.3) is 0 Å². The molecule has 1 aliphatic carbocycles. The Bertz CT molecular complexity index is 768. The van der Waals surface area contributed by atoms with Gasteiger partial charge in [-0.1, -0.05) is 12.8 Å². The highest BCUT2D eigenvalue weighted by molar-refractivity contribution is 6.07. The average Bonchev–Trinajstić information content (AvgIpc) is 2.91. The van der Waals surface area contributed by atoms with Crippen LogP contribution in [0.3, 0.4) is 0 Å². The van der Waals surface area contributed by atoms with Crippen molar-refractivity contribution in [2.75, 3.05) is 20.3 Å². The second-order valence-corrected chi connectivity index (χ2v) is 6.69. The number of halogens is 1. The first-order chi connectivity index (χ1) is 12.9. The molecule has 2 fully saturated rings. The monoisotopic (exact) mass is 377 g/mol. The molecule has 2 atom stereocenters. The summed E-state index contributed by atoms with van der Waals surface area (Å²) in [5.41, 5.74) is 0.0282. The molecule has 1 heterocycles. The third kappa shape index (κ3) is 3.84. The van der Waals surface area contributed by atoms with E-state index in [-0.39, 0.29) is 35.0 Å². The second-order valence-electron chi connectivity index (χ2n) is 6.69. The Morgan fingerprint density at radius 2 is 1.78 bits per heavy atom. The van der Waals surface area contributed by atoms with Gasteiger partial charge in [-0.05, 0) is 31.0 Å². The van der Waals surface area contributed by atoms with E-state index in [2.05, 4.69) is 0 Å². The van der Waals surface area contributed by atoms with Crippen LogP contribution in [0.4, 0.5) is 4.39 Å². The van der Waals surface area contributed by atoms with Crippen LogP contribution in [0.15, 0.2) is 18.2 Å². The van der Waals surface area contributed by atoms with Gasteiger partial charge in [-0.3, -0.25) is 24.1 Å². The topological polar surface area (TPSA) is 90.0 Å². The van der Waals surface area contributed by atoms with Crippen molar-refractivity contribution in [1.82, 2.24) is 4.90 Å². The van der Waals surface area contributed by atoms with Crippen molar-refractivity contribution in [3.63, 3.8) is 0 Å². The molecule has 0 radical (unpaired) electrons. The van der Waals surface area contributed by atoms with Crippen LogP contribution in [0.2, 0.25) is 0 Å². The fourth-order valence-corrected chi connectivity index (χ4v) is 3.63. The second kappa shape index (κ2) is 7.85. The number of Topliss-reactive ketones (excluding diaryl/α,β-unsaturated/α-hetero) is 1. The molecule has 0 spiro atoms. The van der Waals surface area contributed by atoms with Crippen LogP contribution in [0.5, 0.6) is 5.75 Å². The van der Waals surface area contributed by atoms with E-state index in [1.54, 1.807) is 0 Å². The summed E-state index contributed by atoms with van der Waals surface area (Å²) in [6.07, 6.45) is 3.10. The number of fused-ring (bicyclic) bond motifs is 1. The summed E-state index contributed by atoms with van der Waals surface area (Å²) < 4.78 is 23.3. The number of ether oxygens (including phenoxy) is 2. The minimum atomic E-state index is -0.849. The first kappa shape index (κ1) is 19.0. The number of hydrogen-bond donors (Lipinski definition) is 0. The lowest BCUT2D eigenvalue weighted by Gasteiger charge is -2.19. The van der Waals surface area contributed by atoms with Gasteiger partial charge in [-0.25, -0.2) is 4.39 Å². The van der Waals surface area contributed by atoms with E-state index in [4.69, 9.17) is 9.47 Å². The van der Waals surface area contributed by atoms with E-state index in [9.17, 15) is 23.6 Å². The number of benzene rings is 1. The molecular weight excluding hydrogens is 357 g/mol. The summed E-state index contributed by atoms with van der Waals surface area (Å²) in [7, 11) is 1.30. The molecule has 0 N–H and O–H groups in total. The highest BCUT2D eigenvalue weighted by atomic mass is 19.1. The van der Waals surface area contributed by atoms with Crippen molar-refractivity contribution in [2.45, 2.75) is 25.7 Å². The number of imide groups is 1. The third-order valence-electron chi connectivity index (χ3n) is 5.06. The van der Waals surface area contributed by atoms with Crippen LogP contribution in [-0.4, -0.2) is 48.7 Å². The van der Waals surface area contributed by atoms with Crippen LogP contribution >= 0.6 is 0 Å². The molecule has 2 aliphatic rings. The van der Waals surface area contributed by atoms with E-state index in [1.807, 2.05) is 0 Å². The number of likely N-dealkylation sites (tertiary alicyclic amines) is 1. The summed E-state index contributed by atoms with van der Waals surface area (Å²) in [5, 5.41) is 0. The quantitative estimate of drug-likeness (QED) is 0.426. The summed E-state index contributed by atoms with van der Waals surface area (Å²) in [6, 6.07) is 3.65. The number of hydrogen-bond acceptors (Lipinski definition) is 6. The van der Waals surface area contributed by atoms with Crippen molar-refractivity contribution in [2.24, 2.45) is 11.8 Å². The number of methoxy groups -OCH3 is 1. The predicted molar refractivity (Wildman–Crippen MR) is 90.4 cm³/mol. The molecule has 8 heteroatoms. The standard InChI is InChI=1S/C19H20FNO6/c1-26-16-7-6-11(8-14(16)20)15(22)10-27-17(23)9-21-18(24)12-4-2-3-5-13(12)19(21)25/h6-8,12-13H,2-5,9-10H2,1H3/t12-,13-/m1/s1. The van der Waals surface area contributed by atoms with Gasteiger partial charge in [0.1, 0.15) is 6.54 Å². The fraction of sp³-hybridized carbons (Fsp3) is 0.474. The van der Waals surface area contributed by atoms with Gasteiger partial charge in [0.2, 0.25) is 11.8 Å². The van der Waals surface area contributed by atoms with Crippen LogP contribution in [0.1, 0.15) is 36.0 Å². The SMILES string of the molecule is COc1ccc(C(=O)COC(=O)CN2C(=O)[C@@H]3CCCC[C@H]3C2=O)cc1F. The number of carbonyl (C=O) groups is 4. The molecule has 1 saturated heterocycles. The maximum Gasteiger partial charge on any atom is 0.326 e. The number of ketones is 1. The molecule has 0 aromatic heterocycles. The van der Waals surface area contributed by atoms with Gasteiger partial charge in [-0.15, -0.1) is 0 Å². The lowest BCUT2D eigenvalue weighted by molar-refractivity contribution is -0.152. The molecule has 3 rings (SSSR count). The minimum Gasteiger partial charge on any atom is -0.494 e. The van der Waals surface area contributed by atoms with Crippen LogP contribution < -0.4 is 4.74 Å². The lowest BCUT2D eigenvalue weighted by atomic mass is 9.81. The predicted octanol–water partition coefficient (Wildman–Crippen LogP) is 1.74. The Hall–Kier alpha value is -2.77. The summed E-state index contributed by atoms with van der Waals surface area (Å²) in [5.74, 6) is -3.53. The molecule has 1 aliphatic heterocycles. The van der Waals surface area contributed by atoms with Gasteiger partial charge in [0.05, 0.1) is 18.9 Å². The molecule has 1 aromatic carbocycles. The van der Waals surface area contributed by atoms with Gasteiger partial charge in [0.25, 0.3) is 0 Å². The highest BCUT2D eigenvalue weighted by Gasteiger charge is 2.48. The van der Waals surface area contributed by atoms with Gasteiger partial charge in [-0.2, -0.15) is 0 Å². The smallest absolute Gasteiger partial charge is 0.326 e. The number of amides is 2. The maximum atomic E-state index is 13.6. The van der Waals surface area contributed by atoms with Crippen molar-refractivity contribution >= 4 is 23.6 Å². The molecule has 1 saturated carbocycles. The largest absolute Gasteiger partial charge is 0.494 e. The highest BCUT2D eigenvalue weighted by Crippen LogP contribution is 2.37. The maximum absolute atomic E-state index is 13.6. The molecular formula is C19H20FNO6.